The van der Waals surface area contributed by atoms with Gasteiger partial charge >= 0.3 is 6.18 Å². The van der Waals surface area contributed by atoms with E-state index in [1.807, 2.05) is 0 Å². The second kappa shape index (κ2) is 5.21. The summed E-state index contributed by atoms with van der Waals surface area (Å²) in [5.74, 6) is -0.597. The lowest BCUT2D eigenvalue weighted by atomic mass is 9.87. The number of nitrogens with one attached hydrogen (secondary N) is 1. The van der Waals surface area contributed by atoms with Gasteiger partial charge in [-0.2, -0.15) is 13.2 Å². The SMILES string of the molecule is Oc1cc2c(cc1O)[C@H](c1ccccc1C(F)(F)F)NCC2. The van der Waals surface area contributed by atoms with Crippen molar-refractivity contribution in [2.24, 2.45) is 0 Å². The standard InChI is InChI=1S/C16H14F3NO2/c17-16(18,19)12-4-2-1-3-10(12)15-11-8-14(22)13(21)7-9(11)5-6-20-15/h1-4,7-8,15,20-22H,5-6H2/t15-/m0/s1. The maximum Gasteiger partial charge on any atom is 0.416 e. The third-order valence-electron chi connectivity index (χ3n) is 3.87. The van der Waals surface area contributed by atoms with Crippen LogP contribution >= 0.6 is 0 Å². The molecule has 1 aliphatic heterocycles. The molecule has 116 valence electrons. The lowest BCUT2D eigenvalue weighted by Gasteiger charge is -2.29. The van der Waals surface area contributed by atoms with Crippen LogP contribution in [0.1, 0.15) is 28.3 Å². The highest BCUT2D eigenvalue weighted by molar-refractivity contribution is 5.51. The maximum atomic E-state index is 13.2. The van der Waals surface area contributed by atoms with Gasteiger partial charge in [0.25, 0.3) is 0 Å². The highest BCUT2D eigenvalue weighted by Crippen LogP contribution is 2.40. The minimum Gasteiger partial charge on any atom is -0.504 e. The number of phenolic OH excluding ortho intramolecular Hbond substituents is 2. The van der Waals surface area contributed by atoms with Crippen LogP contribution in [0.4, 0.5) is 13.2 Å². The molecule has 3 rings (SSSR count). The Morgan fingerprint density at radius 2 is 1.68 bits per heavy atom. The first-order chi connectivity index (χ1) is 10.4. The Balaban J connectivity index is 2.15. The molecule has 0 unspecified atom stereocenters. The van der Waals surface area contributed by atoms with Crippen LogP contribution in [-0.2, 0) is 12.6 Å². The van der Waals surface area contributed by atoms with Crippen molar-refractivity contribution in [2.45, 2.75) is 18.6 Å². The van der Waals surface area contributed by atoms with E-state index in [1.54, 1.807) is 6.07 Å². The molecule has 0 saturated heterocycles. The Bertz CT molecular complexity index is 713. The van der Waals surface area contributed by atoms with Gasteiger partial charge in [0.05, 0.1) is 11.6 Å². The summed E-state index contributed by atoms with van der Waals surface area (Å²) < 4.78 is 39.6. The first-order valence-corrected chi connectivity index (χ1v) is 6.82. The zero-order valence-corrected chi connectivity index (χ0v) is 11.5. The monoisotopic (exact) mass is 309 g/mol. The topological polar surface area (TPSA) is 52.5 Å². The van der Waals surface area contributed by atoms with E-state index < -0.39 is 17.8 Å². The van der Waals surface area contributed by atoms with Gasteiger partial charge in [-0.15, -0.1) is 0 Å². The van der Waals surface area contributed by atoms with Crippen LogP contribution in [0.25, 0.3) is 0 Å². The largest absolute Gasteiger partial charge is 0.504 e. The summed E-state index contributed by atoms with van der Waals surface area (Å²) >= 11 is 0. The van der Waals surface area contributed by atoms with Crippen molar-refractivity contribution in [3.63, 3.8) is 0 Å². The van der Waals surface area contributed by atoms with Crippen LogP contribution in [0.15, 0.2) is 36.4 Å². The van der Waals surface area contributed by atoms with Crippen molar-refractivity contribution in [1.82, 2.24) is 5.32 Å². The molecule has 0 aromatic heterocycles. The van der Waals surface area contributed by atoms with Crippen LogP contribution in [0.3, 0.4) is 0 Å². The first-order valence-electron chi connectivity index (χ1n) is 6.82. The van der Waals surface area contributed by atoms with E-state index in [2.05, 4.69) is 5.32 Å². The fourth-order valence-corrected chi connectivity index (χ4v) is 2.87. The summed E-state index contributed by atoms with van der Waals surface area (Å²) in [6.45, 7) is 0.494. The molecule has 6 heteroatoms. The molecule has 3 nitrogen and oxygen atoms in total. The molecule has 1 heterocycles. The molecule has 2 aromatic rings. The highest BCUT2D eigenvalue weighted by Gasteiger charge is 2.36. The molecule has 22 heavy (non-hydrogen) atoms. The molecule has 0 radical (unpaired) electrons. The van der Waals surface area contributed by atoms with E-state index in [1.165, 1.54) is 24.3 Å². The zero-order chi connectivity index (χ0) is 15.9. The van der Waals surface area contributed by atoms with E-state index >= 15 is 0 Å². The first kappa shape index (κ1) is 14.7. The summed E-state index contributed by atoms with van der Waals surface area (Å²) in [6.07, 6.45) is -3.87. The number of hydrogen-bond acceptors (Lipinski definition) is 3. The summed E-state index contributed by atoms with van der Waals surface area (Å²) in [4.78, 5) is 0. The fourth-order valence-electron chi connectivity index (χ4n) is 2.87. The molecular formula is C16H14F3NO2. The van der Waals surface area contributed by atoms with Crippen LogP contribution in [0.2, 0.25) is 0 Å². The summed E-state index contributed by atoms with van der Waals surface area (Å²) in [5.41, 5.74) is 0.697. The molecule has 0 fully saturated rings. The molecule has 0 aliphatic carbocycles. The fraction of sp³-hybridized carbons (Fsp3) is 0.250. The smallest absolute Gasteiger partial charge is 0.416 e. The van der Waals surface area contributed by atoms with Gasteiger partial charge in [0.2, 0.25) is 0 Å². The van der Waals surface area contributed by atoms with Gasteiger partial charge in [0.1, 0.15) is 0 Å². The average Bonchev–Trinajstić information content (AvgIpc) is 2.47. The number of rotatable bonds is 1. The zero-order valence-electron chi connectivity index (χ0n) is 11.5. The third-order valence-corrected chi connectivity index (χ3v) is 3.87. The van der Waals surface area contributed by atoms with Gasteiger partial charge in [-0.3, -0.25) is 0 Å². The second-order valence-electron chi connectivity index (χ2n) is 5.26. The molecule has 1 atom stereocenters. The van der Waals surface area contributed by atoms with Gasteiger partial charge < -0.3 is 15.5 Å². The Morgan fingerprint density at radius 3 is 2.41 bits per heavy atom. The molecule has 1 aliphatic rings. The lowest BCUT2D eigenvalue weighted by Crippen LogP contribution is -2.32. The van der Waals surface area contributed by atoms with Crippen molar-refractivity contribution in [1.29, 1.82) is 0 Å². The molecule has 0 amide bonds. The summed E-state index contributed by atoms with van der Waals surface area (Å²) in [5, 5.41) is 22.3. The predicted molar refractivity (Wildman–Crippen MR) is 74.8 cm³/mol. The van der Waals surface area contributed by atoms with Gasteiger partial charge in [0, 0.05) is 6.54 Å². The van der Waals surface area contributed by atoms with Crippen LogP contribution < -0.4 is 5.32 Å². The van der Waals surface area contributed by atoms with Gasteiger partial charge in [-0.1, -0.05) is 18.2 Å². The molecule has 0 spiro atoms. The number of halogens is 3. The van der Waals surface area contributed by atoms with Gasteiger partial charge in [0.15, 0.2) is 11.5 Å². The molecule has 3 N–H and O–H groups in total. The van der Waals surface area contributed by atoms with Gasteiger partial charge in [-0.05, 0) is 41.3 Å². The maximum absolute atomic E-state index is 13.2. The molecule has 0 bridgehead atoms. The van der Waals surface area contributed by atoms with E-state index in [4.69, 9.17) is 0 Å². The van der Waals surface area contributed by atoms with E-state index in [0.29, 0.717) is 18.5 Å². The minimum atomic E-state index is -4.45. The normalized spacial score (nSPS) is 18.0. The third kappa shape index (κ3) is 2.50. The number of benzene rings is 2. The highest BCUT2D eigenvalue weighted by atomic mass is 19.4. The Morgan fingerprint density at radius 1 is 1.00 bits per heavy atom. The van der Waals surface area contributed by atoms with Crippen molar-refractivity contribution in [3.05, 3.63) is 58.7 Å². The molecule has 2 aromatic carbocycles. The molecule has 0 saturated carbocycles. The Hall–Kier alpha value is -2.21. The Labute approximate surface area is 125 Å². The average molecular weight is 309 g/mol. The lowest BCUT2D eigenvalue weighted by molar-refractivity contribution is -0.138. The van der Waals surface area contributed by atoms with Crippen molar-refractivity contribution >= 4 is 0 Å². The van der Waals surface area contributed by atoms with Crippen LogP contribution in [0, 0.1) is 0 Å². The number of fused-ring (bicyclic) bond motifs is 1. The number of phenols is 2. The predicted octanol–water partition coefficient (Wildman–Crippen LogP) is 3.35. The molecular weight excluding hydrogens is 295 g/mol. The van der Waals surface area contributed by atoms with Crippen molar-refractivity contribution < 1.29 is 23.4 Å². The number of hydrogen-bond donors (Lipinski definition) is 3. The number of aromatic hydroxyl groups is 2. The summed E-state index contributed by atoms with van der Waals surface area (Å²) in [7, 11) is 0. The van der Waals surface area contributed by atoms with Crippen LogP contribution in [-0.4, -0.2) is 16.8 Å². The Kier molecular flexibility index (Phi) is 3.48. The minimum absolute atomic E-state index is 0.112. The summed E-state index contributed by atoms with van der Waals surface area (Å²) in [6, 6.07) is 7.45. The van der Waals surface area contributed by atoms with Crippen LogP contribution in [0.5, 0.6) is 11.5 Å². The van der Waals surface area contributed by atoms with E-state index in [-0.39, 0.29) is 17.1 Å². The van der Waals surface area contributed by atoms with Gasteiger partial charge in [-0.25, -0.2) is 0 Å². The second-order valence-corrected chi connectivity index (χ2v) is 5.26. The van der Waals surface area contributed by atoms with Crippen molar-refractivity contribution in [2.75, 3.05) is 6.54 Å². The van der Waals surface area contributed by atoms with E-state index in [9.17, 15) is 23.4 Å². The van der Waals surface area contributed by atoms with Crippen molar-refractivity contribution in [3.8, 4) is 11.5 Å². The quantitative estimate of drug-likeness (QED) is 0.708. The van der Waals surface area contributed by atoms with E-state index in [0.717, 1.165) is 11.6 Å². The number of alkyl halides is 3.